The van der Waals surface area contributed by atoms with Gasteiger partial charge >= 0.3 is 5.97 Å². The van der Waals surface area contributed by atoms with Crippen LogP contribution in [0.15, 0.2) is 51.7 Å². The van der Waals surface area contributed by atoms with Gasteiger partial charge in [-0.25, -0.2) is 13.2 Å². The van der Waals surface area contributed by atoms with E-state index in [1.54, 1.807) is 17.5 Å². The van der Waals surface area contributed by atoms with Crippen molar-refractivity contribution in [3.63, 3.8) is 0 Å². The van der Waals surface area contributed by atoms with Crippen LogP contribution in [-0.4, -0.2) is 53.7 Å². The number of rotatable bonds is 13. The Bertz CT molecular complexity index is 1410. The van der Waals surface area contributed by atoms with Gasteiger partial charge in [0.2, 0.25) is 0 Å². The molecule has 0 unspecified atom stereocenters. The number of carboxylic acid groups (broad SMARTS) is 1. The minimum absolute atomic E-state index is 0.0401. The number of aliphatic carboxylic acids is 1. The molecule has 3 aromatic rings. The first-order valence-corrected chi connectivity index (χ1v) is 14.1. The topological polar surface area (TPSA) is 195 Å². The number of guanidine groups is 1. The number of aliphatic imine (C=N–C) groups is 1. The number of carbonyl (C=O) groups excluding carboxylic acids is 1. The third-order valence-electron chi connectivity index (χ3n) is 5.67. The van der Waals surface area contributed by atoms with Gasteiger partial charge in [-0.2, -0.15) is 5.10 Å². The van der Waals surface area contributed by atoms with Crippen LogP contribution in [0, 0.1) is 6.92 Å². The second-order valence-corrected chi connectivity index (χ2v) is 11.2. The number of anilines is 1. The number of aromatic nitrogens is 2. The van der Waals surface area contributed by atoms with Gasteiger partial charge in [-0.1, -0.05) is 12.1 Å². The van der Waals surface area contributed by atoms with Crippen molar-refractivity contribution in [1.82, 2.24) is 15.1 Å². The molecule has 204 valence electrons. The van der Waals surface area contributed by atoms with Crippen LogP contribution in [-0.2, 0) is 34.7 Å². The molecular formula is C24H31N7O5S2. The summed E-state index contributed by atoms with van der Waals surface area (Å²) in [4.78, 5) is 28.3. The molecule has 38 heavy (non-hydrogen) atoms. The number of nitrogens with one attached hydrogen (secondary N) is 2. The number of thiophene rings is 1. The third kappa shape index (κ3) is 7.79. The minimum Gasteiger partial charge on any atom is -0.480 e. The van der Waals surface area contributed by atoms with Crippen molar-refractivity contribution in [2.45, 2.75) is 43.5 Å². The van der Waals surface area contributed by atoms with Crippen LogP contribution >= 0.6 is 11.3 Å². The first-order valence-electron chi connectivity index (χ1n) is 11.7. The largest absolute Gasteiger partial charge is 0.480 e. The second kappa shape index (κ2) is 12.6. The molecule has 2 aromatic heterocycles. The number of amides is 1. The van der Waals surface area contributed by atoms with Crippen molar-refractivity contribution in [1.29, 1.82) is 0 Å². The predicted molar refractivity (Wildman–Crippen MR) is 146 cm³/mol. The molecule has 2 heterocycles. The van der Waals surface area contributed by atoms with Crippen LogP contribution in [0.4, 0.5) is 5.69 Å². The molecule has 1 aromatic carbocycles. The van der Waals surface area contributed by atoms with E-state index in [0.717, 1.165) is 41.1 Å². The zero-order valence-electron chi connectivity index (χ0n) is 21.0. The van der Waals surface area contributed by atoms with Gasteiger partial charge < -0.3 is 21.9 Å². The highest BCUT2D eigenvalue weighted by Crippen LogP contribution is 2.26. The number of benzene rings is 1. The number of nitrogens with two attached hydrogens (primary N) is 2. The highest BCUT2D eigenvalue weighted by atomic mass is 32.2. The molecule has 0 saturated carbocycles. The molecule has 0 aliphatic carbocycles. The average molecular weight is 562 g/mol. The zero-order valence-corrected chi connectivity index (χ0v) is 22.7. The second-order valence-electron chi connectivity index (χ2n) is 8.63. The van der Waals surface area contributed by atoms with Gasteiger partial charge in [0.1, 0.15) is 10.9 Å². The molecule has 0 bridgehead atoms. The summed E-state index contributed by atoms with van der Waals surface area (Å²) in [7, 11) is -2.10. The van der Waals surface area contributed by atoms with Gasteiger partial charge in [0.15, 0.2) is 5.96 Å². The SMILES string of the molecule is Cc1cc(CCc2ccc(S(=O)(=O)Nc3ccsc3C(=O)N[C@@H](CCCN=C(N)N)C(=O)O)cc2)n(C)n1. The average Bonchev–Trinajstić information content (AvgIpc) is 3.44. The summed E-state index contributed by atoms with van der Waals surface area (Å²) in [5.74, 6) is -2.03. The van der Waals surface area contributed by atoms with E-state index in [1.165, 1.54) is 18.2 Å². The monoisotopic (exact) mass is 561 g/mol. The standard InChI is InChI=1S/C24H31N7O5S2/c1-15-14-17(31(2)29-15)8-5-16-6-9-18(10-7-16)38(35,36)30-19-11-13-37-21(19)22(32)28-20(23(33)34)4-3-12-27-24(25)26/h6-7,9-11,13-14,20,30H,3-5,8,12H2,1-2H3,(H,28,32)(H,33,34)(H4,25,26,27)/t20-/m0/s1. The highest BCUT2D eigenvalue weighted by molar-refractivity contribution is 7.92. The van der Waals surface area contributed by atoms with Crippen LogP contribution in [0.25, 0.3) is 0 Å². The Kier molecular flexibility index (Phi) is 9.47. The fraction of sp³-hybridized carbons (Fsp3) is 0.333. The molecule has 3 rings (SSSR count). The van der Waals surface area contributed by atoms with E-state index in [9.17, 15) is 23.1 Å². The van der Waals surface area contributed by atoms with E-state index >= 15 is 0 Å². The number of hydrogen-bond acceptors (Lipinski definition) is 7. The summed E-state index contributed by atoms with van der Waals surface area (Å²) < 4.78 is 30.3. The molecule has 0 saturated heterocycles. The molecule has 12 nitrogen and oxygen atoms in total. The number of carboxylic acids is 1. The summed E-state index contributed by atoms with van der Waals surface area (Å²) in [5.41, 5.74) is 13.6. The van der Waals surface area contributed by atoms with Crippen LogP contribution in [0.5, 0.6) is 0 Å². The maximum absolute atomic E-state index is 13.0. The predicted octanol–water partition coefficient (Wildman–Crippen LogP) is 1.61. The number of hydrogen-bond donors (Lipinski definition) is 5. The lowest BCUT2D eigenvalue weighted by molar-refractivity contribution is -0.139. The van der Waals surface area contributed by atoms with Crippen LogP contribution in [0.1, 0.15) is 39.5 Å². The Labute approximate surface area is 224 Å². The van der Waals surface area contributed by atoms with E-state index in [2.05, 4.69) is 20.1 Å². The van der Waals surface area contributed by atoms with Gasteiger partial charge in [-0.3, -0.25) is 19.2 Å². The molecule has 0 spiro atoms. The van der Waals surface area contributed by atoms with Gasteiger partial charge in [-0.05, 0) is 67.8 Å². The lowest BCUT2D eigenvalue weighted by Crippen LogP contribution is -2.40. The van der Waals surface area contributed by atoms with Gasteiger partial charge in [0.25, 0.3) is 15.9 Å². The highest BCUT2D eigenvalue weighted by Gasteiger charge is 2.24. The van der Waals surface area contributed by atoms with E-state index < -0.39 is 27.9 Å². The number of nitrogens with zero attached hydrogens (tertiary/aromatic N) is 3. The zero-order chi connectivity index (χ0) is 27.9. The fourth-order valence-corrected chi connectivity index (χ4v) is 5.65. The smallest absolute Gasteiger partial charge is 0.326 e. The third-order valence-corrected chi connectivity index (χ3v) is 7.96. The van der Waals surface area contributed by atoms with Crippen molar-refractivity contribution in [2.75, 3.05) is 11.3 Å². The van der Waals surface area contributed by atoms with Gasteiger partial charge in [0, 0.05) is 19.3 Å². The molecule has 1 atom stereocenters. The summed E-state index contributed by atoms with van der Waals surface area (Å²) in [6.07, 6.45) is 1.91. The van der Waals surface area contributed by atoms with Crippen LogP contribution in [0.3, 0.4) is 0 Å². The molecule has 1 amide bonds. The molecule has 7 N–H and O–H groups in total. The normalized spacial score (nSPS) is 12.1. The van der Waals surface area contributed by atoms with E-state index in [4.69, 9.17) is 11.5 Å². The molecule has 0 fully saturated rings. The van der Waals surface area contributed by atoms with Gasteiger partial charge in [0.05, 0.1) is 16.3 Å². The molecular weight excluding hydrogens is 530 g/mol. The van der Waals surface area contributed by atoms with E-state index in [-0.39, 0.29) is 34.4 Å². The number of carbonyl (C=O) groups is 2. The molecule has 0 radical (unpaired) electrons. The Balaban J connectivity index is 1.64. The van der Waals surface area contributed by atoms with Crippen molar-refractivity contribution in [2.24, 2.45) is 23.5 Å². The van der Waals surface area contributed by atoms with E-state index in [1.807, 2.05) is 24.7 Å². The van der Waals surface area contributed by atoms with Gasteiger partial charge in [-0.15, -0.1) is 11.3 Å². The van der Waals surface area contributed by atoms with Crippen molar-refractivity contribution < 1.29 is 23.1 Å². The summed E-state index contributed by atoms with van der Waals surface area (Å²) in [6, 6.07) is 8.80. The maximum Gasteiger partial charge on any atom is 0.326 e. The molecule has 0 aliphatic rings. The lowest BCUT2D eigenvalue weighted by atomic mass is 10.1. The minimum atomic E-state index is -3.99. The summed E-state index contributed by atoms with van der Waals surface area (Å²) >= 11 is 0.995. The molecule has 0 aliphatic heterocycles. The Hall–Kier alpha value is -3.91. The first-order chi connectivity index (χ1) is 18.0. The fourth-order valence-electron chi connectivity index (χ4n) is 3.76. The van der Waals surface area contributed by atoms with Crippen molar-refractivity contribution in [3.8, 4) is 0 Å². The Morgan fingerprint density at radius 2 is 1.89 bits per heavy atom. The van der Waals surface area contributed by atoms with Crippen LogP contribution < -0.4 is 21.5 Å². The lowest BCUT2D eigenvalue weighted by Gasteiger charge is -2.15. The summed E-state index contributed by atoms with van der Waals surface area (Å²) in [5, 5.41) is 17.8. The van der Waals surface area contributed by atoms with Crippen LogP contribution in [0.2, 0.25) is 0 Å². The van der Waals surface area contributed by atoms with Crippen molar-refractivity contribution >= 4 is 44.9 Å². The van der Waals surface area contributed by atoms with E-state index in [0.29, 0.717) is 6.42 Å². The van der Waals surface area contributed by atoms with Crippen molar-refractivity contribution in [3.05, 3.63) is 63.6 Å². The Morgan fingerprint density at radius 3 is 2.50 bits per heavy atom. The maximum atomic E-state index is 13.0. The number of sulfonamides is 1. The quantitative estimate of drug-likeness (QED) is 0.118. The summed E-state index contributed by atoms with van der Waals surface area (Å²) in [6.45, 7) is 2.15. The Morgan fingerprint density at radius 1 is 1.18 bits per heavy atom. The number of aryl methyl sites for hydroxylation is 4. The first kappa shape index (κ1) is 28.7. The molecule has 14 heteroatoms.